The van der Waals surface area contributed by atoms with Gasteiger partial charge in [0.15, 0.2) is 0 Å². The van der Waals surface area contributed by atoms with Crippen molar-refractivity contribution in [2.45, 2.75) is 6.18 Å². The molecule has 4 aromatic rings. The van der Waals surface area contributed by atoms with E-state index in [4.69, 9.17) is 0 Å². The lowest BCUT2D eigenvalue weighted by Crippen LogP contribution is -2.05. The Bertz CT molecular complexity index is 1070. The van der Waals surface area contributed by atoms with Crippen LogP contribution in [0.25, 0.3) is 22.3 Å². The number of anilines is 2. The normalized spacial score (nSPS) is 11.7. The van der Waals surface area contributed by atoms with Gasteiger partial charge in [0.05, 0.1) is 22.3 Å². The van der Waals surface area contributed by atoms with E-state index >= 15 is 0 Å². The van der Waals surface area contributed by atoms with Gasteiger partial charge in [0.25, 0.3) is 0 Å². The molecule has 0 aliphatic rings. The molecule has 0 spiro atoms. The fourth-order valence-electron chi connectivity index (χ4n) is 2.56. The lowest BCUT2D eigenvalue weighted by Gasteiger charge is -2.10. The van der Waals surface area contributed by atoms with Crippen LogP contribution in [0.15, 0.2) is 61.1 Å². The van der Waals surface area contributed by atoms with E-state index in [0.29, 0.717) is 5.69 Å². The second-order valence-corrected chi connectivity index (χ2v) is 5.60. The topological polar surface area (TPSA) is 66.5 Å². The summed E-state index contributed by atoms with van der Waals surface area (Å²) in [6, 6.07) is 10.4. The SMILES string of the molecule is FC(F)(F)c1cccc(Nc2nccc(-c3cnc4cc[nH]c4c3)n2)c1. The number of aromatic amines is 1. The van der Waals surface area contributed by atoms with E-state index in [0.717, 1.165) is 28.7 Å². The van der Waals surface area contributed by atoms with Crippen molar-refractivity contribution < 1.29 is 13.2 Å². The van der Waals surface area contributed by atoms with E-state index in [1.807, 2.05) is 12.1 Å². The van der Waals surface area contributed by atoms with Crippen LogP contribution in [-0.2, 0) is 6.18 Å². The van der Waals surface area contributed by atoms with Crippen molar-refractivity contribution in [3.05, 3.63) is 66.6 Å². The number of alkyl halides is 3. The Morgan fingerprint density at radius 2 is 1.88 bits per heavy atom. The number of nitrogens with zero attached hydrogens (tertiary/aromatic N) is 3. The largest absolute Gasteiger partial charge is 0.416 e. The van der Waals surface area contributed by atoms with Gasteiger partial charge >= 0.3 is 6.18 Å². The maximum atomic E-state index is 12.8. The highest BCUT2D eigenvalue weighted by Crippen LogP contribution is 2.31. The highest BCUT2D eigenvalue weighted by atomic mass is 19.4. The van der Waals surface area contributed by atoms with Gasteiger partial charge in [0.1, 0.15) is 0 Å². The first-order chi connectivity index (χ1) is 12.5. The van der Waals surface area contributed by atoms with Crippen LogP contribution in [0.5, 0.6) is 0 Å². The third kappa shape index (κ3) is 3.21. The van der Waals surface area contributed by atoms with E-state index < -0.39 is 11.7 Å². The van der Waals surface area contributed by atoms with Crippen LogP contribution >= 0.6 is 0 Å². The molecule has 5 nitrogen and oxygen atoms in total. The molecule has 0 saturated heterocycles. The van der Waals surface area contributed by atoms with Crippen LogP contribution in [0.1, 0.15) is 5.56 Å². The molecule has 0 aliphatic heterocycles. The molecule has 0 unspecified atom stereocenters. The Morgan fingerprint density at radius 1 is 1.00 bits per heavy atom. The Hall–Kier alpha value is -3.42. The van der Waals surface area contributed by atoms with Crippen molar-refractivity contribution in [3.63, 3.8) is 0 Å². The molecule has 0 atom stereocenters. The Labute approximate surface area is 146 Å². The van der Waals surface area contributed by atoms with Crippen molar-refractivity contribution in [1.29, 1.82) is 0 Å². The Kier molecular flexibility index (Phi) is 3.80. The molecule has 0 fully saturated rings. The molecule has 0 saturated carbocycles. The minimum atomic E-state index is -4.41. The van der Waals surface area contributed by atoms with Gasteiger partial charge in [0.2, 0.25) is 5.95 Å². The van der Waals surface area contributed by atoms with Crippen molar-refractivity contribution in [2.24, 2.45) is 0 Å². The van der Waals surface area contributed by atoms with Crippen LogP contribution < -0.4 is 5.32 Å². The number of nitrogens with one attached hydrogen (secondary N) is 2. The lowest BCUT2D eigenvalue weighted by molar-refractivity contribution is -0.137. The van der Waals surface area contributed by atoms with Gasteiger partial charge in [-0.15, -0.1) is 0 Å². The van der Waals surface area contributed by atoms with Gasteiger partial charge in [-0.1, -0.05) is 6.07 Å². The summed E-state index contributed by atoms with van der Waals surface area (Å²) in [4.78, 5) is 15.8. The van der Waals surface area contributed by atoms with Gasteiger partial charge in [-0.2, -0.15) is 13.2 Å². The first-order valence-corrected chi connectivity index (χ1v) is 7.70. The Morgan fingerprint density at radius 3 is 2.73 bits per heavy atom. The fourth-order valence-corrected chi connectivity index (χ4v) is 2.56. The minimum absolute atomic E-state index is 0.202. The van der Waals surface area contributed by atoms with Gasteiger partial charge in [0, 0.05) is 29.8 Å². The fraction of sp³-hybridized carbons (Fsp3) is 0.0556. The summed E-state index contributed by atoms with van der Waals surface area (Å²) in [5, 5.41) is 2.81. The summed E-state index contributed by atoms with van der Waals surface area (Å²) in [6.45, 7) is 0. The minimum Gasteiger partial charge on any atom is -0.360 e. The maximum Gasteiger partial charge on any atom is 0.416 e. The number of pyridine rings is 1. The van der Waals surface area contributed by atoms with Crippen molar-refractivity contribution in [1.82, 2.24) is 19.9 Å². The van der Waals surface area contributed by atoms with Crippen molar-refractivity contribution >= 4 is 22.7 Å². The van der Waals surface area contributed by atoms with E-state index in [2.05, 4.69) is 25.3 Å². The number of hydrogen-bond donors (Lipinski definition) is 2. The molecule has 3 aromatic heterocycles. The average Bonchev–Trinajstić information content (AvgIpc) is 3.09. The zero-order valence-corrected chi connectivity index (χ0v) is 13.2. The molecule has 3 heterocycles. The van der Waals surface area contributed by atoms with Crippen molar-refractivity contribution in [3.8, 4) is 11.3 Å². The standard InChI is InChI=1S/C18H12F3N5/c19-18(20,21)12-2-1-3-13(9-12)25-17-23-7-4-14(26-17)11-8-16-15(24-10-11)5-6-22-16/h1-10,22H,(H,23,25,26). The molecular weight excluding hydrogens is 343 g/mol. The molecule has 0 aliphatic carbocycles. The second kappa shape index (κ2) is 6.14. The lowest BCUT2D eigenvalue weighted by atomic mass is 10.2. The number of H-pyrrole nitrogens is 1. The summed E-state index contributed by atoms with van der Waals surface area (Å²) >= 11 is 0. The quantitative estimate of drug-likeness (QED) is 0.555. The molecular formula is C18H12F3N5. The number of aromatic nitrogens is 4. The van der Waals surface area contributed by atoms with Crippen LogP contribution in [0.3, 0.4) is 0 Å². The van der Waals surface area contributed by atoms with E-state index in [1.165, 1.54) is 18.3 Å². The molecule has 8 heteroatoms. The van der Waals surface area contributed by atoms with Gasteiger partial charge in [-0.25, -0.2) is 9.97 Å². The maximum absolute atomic E-state index is 12.8. The van der Waals surface area contributed by atoms with Crippen LogP contribution in [-0.4, -0.2) is 19.9 Å². The molecule has 0 amide bonds. The van der Waals surface area contributed by atoms with E-state index in [1.54, 1.807) is 18.5 Å². The second-order valence-electron chi connectivity index (χ2n) is 5.60. The molecule has 2 N–H and O–H groups in total. The van der Waals surface area contributed by atoms with Gasteiger partial charge in [-0.05, 0) is 36.4 Å². The zero-order valence-electron chi connectivity index (χ0n) is 13.2. The van der Waals surface area contributed by atoms with Crippen LogP contribution in [0, 0.1) is 0 Å². The molecule has 26 heavy (non-hydrogen) atoms. The molecule has 0 bridgehead atoms. The first kappa shape index (κ1) is 16.1. The summed E-state index contributed by atoms with van der Waals surface area (Å²) in [7, 11) is 0. The summed E-state index contributed by atoms with van der Waals surface area (Å²) in [5.74, 6) is 0.202. The summed E-state index contributed by atoms with van der Waals surface area (Å²) in [6.07, 6.45) is 0.614. The number of rotatable bonds is 3. The monoisotopic (exact) mass is 355 g/mol. The highest BCUT2D eigenvalue weighted by Gasteiger charge is 2.30. The van der Waals surface area contributed by atoms with Crippen molar-refractivity contribution in [2.75, 3.05) is 5.32 Å². The van der Waals surface area contributed by atoms with Gasteiger partial charge in [-0.3, -0.25) is 4.98 Å². The van der Waals surface area contributed by atoms with Crippen LogP contribution in [0.2, 0.25) is 0 Å². The third-order valence-electron chi connectivity index (χ3n) is 3.80. The highest BCUT2D eigenvalue weighted by molar-refractivity contribution is 5.79. The number of fused-ring (bicyclic) bond motifs is 1. The Balaban J connectivity index is 1.64. The predicted octanol–water partition coefficient (Wildman–Crippen LogP) is 4.78. The molecule has 0 radical (unpaired) electrons. The number of hydrogen-bond acceptors (Lipinski definition) is 4. The molecule has 1 aromatic carbocycles. The zero-order chi connectivity index (χ0) is 18.1. The molecule has 4 rings (SSSR count). The average molecular weight is 355 g/mol. The summed E-state index contributed by atoms with van der Waals surface area (Å²) in [5.41, 5.74) is 2.61. The molecule has 130 valence electrons. The summed E-state index contributed by atoms with van der Waals surface area (Å²) < 4.78 is 38.5. The third-order valence-corrected chi connectivity index (χ3v) is 3.80. The smallest absolute Gasteiger partial charge is 0.360 e. The van der Waals surface area contributed by atoms with E-state index in [9.17, 15) is 13.2 Å². The number of halogens is 3. The predicted molar refractivity (Wildman–Crippen MR) is 91.8 cm³/mol. The van der Waals surface area contributed by atoms with Gasteiger partial charge < -0.3 is 10.3 Å². The van der Waals surface area contributed by atoms with E-state index in [-0.39, 0.29) is 11.6 Å². The first-order valence-electron chi connectivity index (χ1n) is 7.70. The number of benzene rings is 1. The van der Waals surface area contributed by atoms with Crippen LogP contribution in [0.4, 0.5) is 24.8 Å².